The number of anilines is 1. The van der Waals surface area contributed by atoms with Crippen LogP contribution in [0.2, 0.25) is 0 Å². The number of ether oxygens (including phenoxy) is 2. The second-order valence-corrected chi connectivity index (χ2v) is 10.0. The largest absolute Gasteiger partial charge is 0.444 e. The zero-order valence-corrected chi connectivity index (χ0v) is 21.7. The first kappa shape index (κ1) is 27.7. The van der Waals surface area contributed by atoms with Crippen LogP contribution in [-0.2, 0) is 22.4 Å². The van der Waals surface area contributed by atoms with Gasteiger partial charge >= 0.3 is 12.2 Å². The monoisotopic (exact) mass is 488 g/mol. The van der Waals surface area contributed by atoms with E-state index in [-0.39, 0.29) is 24.8 Å². The summed E-state index contributed by atoms with van der Waals surface area (Å²) in [5.41, 5.74) is 5.04. The van der Waals surface area contributed by atoms with Gasteiger partial charge in [-0.15, -0.1) is 5.92 Å². The lowest BCUT2D eigenvalue weighted by Crippen LogP contribution is -2.50. The molecule has 0 radical (unpaired) electrons. The first-order valence-corrected chi connectivity index (χ1v) is 11.5. The number of imidazole rings is 1. The zero-order valence-electron chi connectivity index (χ0n) is 21.7. The molecule has 0 aromatic carbocycles. The van der Waals surface area contributed by atoms with Gasteiger partial charge in [-0.1, -0.05) is 5.92 Å². The lowest BCUT2D eigenvalue weighted by molar-refractivity contribution is 0.0239. The van der Waals surface area contributed by atoms with Crippen LogP contribution in [0.15, 0.2) is 4.99 Å². The summed E-state index contributed by atoms with van der Waals surface area (Å²) < 4.78 is 12.3. The van der Waals surface area contributed by atoms with Gasteiger partial charge in [0.15, 0.2) is 0 Å². The smallest absolute Gasteiger partial charge is 0.433 e. The third kappa shape index (κ3) is 8.31. The summed E-state index contributed by atoms with van der Waals surface area (Å²) in [6.45, 7) is 14.5. The van der Waals surface area contributed by atoms with Gasteiger partial charge in [0.2, 0.25) is 5.95 Å². The molecule has 192 valence electrons. The number of carbonyl (C=O) groups excluding carboxylic acids is 3. The summed E-state index contributed by atoms with van der Waals surface area (Å²) in [5.74, 6) is 5.63. The van der Waals surface area contributed by atoms with Crippen molar-refractivity contribution in [2.24, 2.45) is 10.7 Å². The minimum absolute atomic E-state index is 0.106. The summed E-state index contributed by atoms with van der Waals surface area (Å²) >= 11 is 0. The predicted octanol–water partition coefficient (Wildman–Crippen LogP) is 2.61. The number of nitrogens with two attached hydrogens (primary N) is 1. The van der Waals surface area contributed by atoms with E-state index in [0.29, 0.717) is 37.8 Å². The minimum Gasteiger partial charge on any atom is -0.444 e. The third-order valence-corrected chi connectivity index (χ3v) is 4.76. The van der Waals surface area contributed by atoms with Crippen molar-refractivity contribution >= 4 is 30.3 Å². The fourth-order valence-electron chi connectivity index (χ4n) is 3.37. The molecule has 1 aromatic rings. The van der Waals surface area contributed by atoms with Crippen LogP contribution in [0.4, 0.5) is 15.5 Å². The first-order chi connectivity index (χ1) is 16.2. The molecule has 0 saturated carbocycles. The van der Waals surface area contributed by atoms with Crippen molar-refractivity contribution in [3.63, 3.8) is 0 Å². The molecule has 0 atom stereocenters. The first-order valence-electron chi connectivity index (χ1n) is 11.5. The lowest BCUT2D eigenvalue weighted by atomic mass is 10.2. The molecule has 0 spiro atoms. The van der Waals surface area contributed by atoms with Gasteiger partial charge in [0.1, 0.15) is 16.9 Å². The van der Waals surface area contributed by atoms with E-state index in [2.05, 4.69) is 21.8 Å². The standard InChI is InChI=1S/C24H36N6O5/c1-8-9-12-30-18(19(25)31)17(10-11-26-21(32)34-23(2,3)4)27-20(30)28-13-15-29(16-14-28)22(33)35-24(5,6)7/h11H,10,12-16H2,1-7H3,(H2,25,31). The highest BCUT2D eigenvalue weighted by Gasteiger charge is 2.30. The number of aromatic nitrogens is 2. The Morgan fingerprint density at radius 3 is 2.17 bits per heavy atom. The average Bonchev–Trinajstić information content (AvgIpc) is 3.08. The van der Waals surface area contributed by atoms with E-state index in [1.54, 1.807) is 37.2 Å². The fraction of sp³-hybridized carbons (Fsp3) is 0.625. The lowest BCUT2D eigenvalue weighted by Gasteiger charge is -2.36. The van der Waals surface area contributed by atoms with E-state index < -0.39 is 23.2 Å². The Morgan fingerprint density at radius 2 is 1.66 bits per heavy atom. The van der Waals surface area contributed by atoms with E-state index in [9.17, 15) is 14.4 Å². The molecular formula is C24H36N6O5. The Morgan fingerprint density at radius 1 is 1.06 bits per heavy atom. The Hall–Kier alpha value is -3.55. The molecule has 1 aliphatic rings. The second-order valence-electron chi connectivity index (χ2n) is 10.0. The summed E-state index contributed by atoms with van der Waals surface area (Å²) in [4.78, 5) is 48.7. The molecule has 2 rings (SSSR count). The Bertz CT molecular complexity index is 1030. The quantitative estimate of drug-likeness (QED) is 0.498. The maximum Gasteiger partial charge on any atom is 0.433 e. The number of amides is 3. The third-order valence-electron chi connectivity index (χ3n) is 4.76. The Balaban J connectivity index is 2.26. The number of carbonyl (C=O) groups is 3. The summed E-state index contributed by atoms with van der Waals surface area (Å²) in [5, 5.41) is 0. The van der Waals surface area contributed by atoms with Crippen molar-refractivity contribution < 1.29 is 23.9 Å². The number of nitrogens with zero attached hydrogens (tertiary/aromatic N) is 5. The number of primary amides is 1. The molecular weight excluding hydrogens is 452 g/mol. The van der Waals surface area contributed by atoms with Crippen molar-refractivity contribution in [1.82, 2.24) is 14.5 Å². The molecule has 1 fully saturated rings. The summed E-state index contributed by atoms with van der Waals surface area (Å²) in [6, 6.07) is 0. The highest BCUT2D eigenvalue weighted by atomic mass is 16.6. The molecule has 11 heteroatoms. The molecule has 2 heterocycles. The van der Waals surface area contributed by atoms with Crippen molar-refractivity contribution in [2.45, 2.75) is 72.6 Å². The molecule has 3 amide bonds. The van der Waals surface area contributed by atoms with E-state index in [1.807, 2.05) is 25.7 Å². The van der Waals surface area contributed by atoms with Gasteiger partial charge in [0.05, 0.1) is 12.2 Å². The molecule has 1 saturated heterocycles. The SMILES string of the molecule is CC#CCn1c(N2CCN(C(=O)OC(C)(C)C)CC2)nc(CC=NC(=O)OC(C)(C)C)c1C(N)=O. The van der Waals surface area contributed by atoms with Gasteiger partial charge in [-0.3, -0.25) is 9.36 Å². The normalized spacial score (nSPS) is 14.5. The zero-order chi connectivity index (χ0) is 26.4. The van der Waals surface area contributed by atoms with Crippen molar-refractivity contribution in [2.75, 3.05) is 31.1 Å². The van der Waals surface area contributed by atoms with Gasteiger partial charge in [0, 0.05) is 38.8 Å². The highest BCUT2D eigenvalue weighted by molar-refractivity contribution is 5.94. The van der Waals surface area contributed by atoms with E-state index in [1.165, 1.54) is 6.21 Å². The minimum atomic E-state index is -0.729. The second kappa shape index (κ2) is 11.3. The number of aliphatic imine (C=N–C) groups is 1. The predicted molar refractivity (Wildman–Crippen MR) is 133 cm³/mol. The summed E-state index contributed by atoms with van der Waals surface area (Å²) in [6.07, 6.45) is 0.361. The number of hydrogen-bond donors (Lipinski definition) is 1. The number of rotatable bonds is 5. The molecule has 35 heavy (non-hydrogen) atoms. The van der Waals surface area contributed by atoms with E-state index >= 15 is 0 Å². The van der Waals surface area contributed by atoms with Crippen molar-refractivity contribution in [3.05, 3.63) is 11.4 Å². The van der Waals surface area contributed by atoms with Crippen molar-refractivity contribution in [3.8, 4) is 11.8 Å². The van der Waals surface area contributed by atoms with Crippen LogP contribution < -0.4 is 10.6 Å². The van der Waals surface area contributed by atoms with Crippen LogP contribution in [0, 0.1) is 11.8 Å². The van der Waals surface area contributed by atoms with Crippen LogP contribution in [0.3, 0.4) is 0 Å². The van der Waals surface area contributed by atoms with Crippen LogP contribution >= 0.6 is 0 Å². The van der Waals surface area contributed by atoms with Gasteiger partial charge in [-0.05, 0) is 48.5 Å². The van der Waals surface area contributed by atoms with Crippen molar-refractivity contribution in [1.29, 1.82) is 0 Å². The number of piperazine rings is 1. The van der Waals surface area contributed by atoms with Gasteiger partial charge in [0.25, 0.3) is 5.91 Å². The maximum absolute atomic E-state index is 12.4. The fourth-order valence-corrected chi connectivity index (χ4v) is 3.37. The molecule has 11 nitrogen and oxygen atoms in total. The summed E-state index contributed by atoms with van der Waals surface area (Å²) in [7, 11) is 0. The molecule has 2 N–H and O–H groups in total. The molecule has 1 aromatic heterocycles. The molecule has 0 aliphatic carbocycles. The van der Waals surface area contributed by atoms with Gasteiger partial charge < -0.3 is 25.0 Å². The Labute approximate surface area is 206 Å². The average molecular weight is 489 g/mol. The van der Waals surface area contributed by atoms with Crippen LogP contribution in [0.5, 0.6) is 0 Å². The van der Waals surface area contributed by atoms with Crippen LogP contribution in [0.1, 0.15) is 64.6 Å². The maximum atomic E-state index is 12.4. The van der Waals surface area contributed by atoms with Crippen LogP contribution in [-0.4, -0.2) is 76.1 Å². The van der Waals surface area contributed by atoms with Gasteiger partial charge in [-0.25, -0.2) is 14.6 Å². The molecule has 0 unspecified atom stereocenters. The molecule has 0 bridgehead atoms. The van der Waals surface area contributed by atoms with E-state index in [4.69, 9.17) is 15.2 Å². The highest BCUT2D eigenvalue weighted by Crippen LogP contribution is 2.22. The Kier molecular flexibility index (Phi) is 8.90. The van der Waals surface area contributed by atoms with E-state index in [0.717, 1.165) is 0 Å². The topological polar surface area (TPSA) is 132 Å². The number of hydrogen-bond acceptors (Lipinski definition) is 7. The van der Waals surface area contributed by atoms with Crippen LogP contribution in [0.25, 0.3) is 0 Å². The molecule has 1 aliphatic heterocycles. The van der Waals surface area contributed by atoms with Gasteiger partial charge in [-0.2, -0.15) is 4.99 Å².